The first kappa shape index (κ1) is 16.1. The van der Waals surface area contributed by atoms with Crippen LogP contribution in [0.25, 0.3) is 0 Å². The minimum Gasteiger partial charge on any atom is -0.390 e. The van der Waals surface area contributed by atoms with Gasteiger partial charge >= 0.3 is 0 Å². The molecule has 0 radical (unpaired) electrons. The summed E-state index contributed by atoms with van der Waals surface area (Å²) >= 11 is 0. The highest BCUT2D eigenvalue weighted by Crippen LogP contribution is 2.54. The van der Waals surface area contributed by atoms with Crippen molar-refractivity contribution in [2.24, 2.45) is 17.3 Å². The lowest BCUT2D eigenvalue weighted by atomic mass is 9.56. The van der Waals surface area contributed by atoms with Crippen LogP contribution < -0.4 is 0 Å². The zero-order chi connectivity index (χ0) is 17.1. The summed E-state index contributed by atoms with van der Waals surface area (Å²) in [4.78, 5) is 14.3. The highest BCUT2D eigenvalue weighted by molar-refractivity contribution is 5.81. The molecule has 4 rings (SSSR count). The highest BCUT2D eigenvalue weighted by atomic mass is 19.1. The predicted octanol–water partition coefficient (Wildman–Crippen LogP) is 3.08. The van der Waals surface area contributed by atoms with Crippen LogP contribution in [-0.2, 0) is 11.2 Å². The summed E-state index contributed by atoms with van der Waals surface area (Å²) < 4.78 is 14.0. The molecule has 1 spiro atoms. The van der Waals surface area contributed by atoms with E-state index in [9.17, 15) is 14.3 Å². The second-order valence-corrected chi connectivity index (χ2v) is 8.87. The third kappa shape index (κ3) is 2.75. The average Bonchev–Trinajstić information content (AvgIpc) is 2.38. The Labute approximate surface area is 142 Å². The van der Waals surface area contributed by atoms with Gasteiger partial charge in [-0.25, -0.2) is 4.39 Å². The first-order valence-corrected chi connectivity index (χ1v) is 9.02. The van der Waals surface area contributed by atoms with Crippen LogP contribution in [-0.4, -0.2) is 34.6 Å². The Morgan fingerprint density at radius 1 is 1.29 bits per heavy atom. The number of hydrogen-bond donors (Lipinski definition) is 1. The van der Waals surface area contributed by atoms with E-state index < -0.39 is 5.60 Å². The van der Waals surface area contributed by atoms with Crippen molar-refractivity contribution in [2.45, 2.75) is 51.6 Å². The van der Waals surface area contributed by atoms with Gasteiger partial charge in [0.2, 0.25) is 5.91 Å². The second kappa shape index (κ2) is 5.29. The summed E-state index contributed by atoms with van der Waals surface area (Å²) in [6, 6.07) is 5.50. The number of halogens is 1. The first-order chi connectivity index (χ1) is 11.3. The Morgan fingerprint density at radius 2 is 1.96 bits per heavy atom. The number of likely N-dealkylation sites (tertiary alicyclic amines) is 1. The lowest BCUT2D eigenvalue weighted by Crippen LogP contribution is -2.66. The van der Waals surface area contributed by atoms with E-state index in [1.807, 2.05) is 24.0 Å². The van der Waals surface area contributed by atoms with E-state index >= 15 is 0 Å². The van der Waals surface area contributed by atoms with Crippen LogP contribution >= 0.6 is 0 Å². The van der Waals surface area contributed by atoms with Gasteiger partial charge in [0.15, 0.2) is 0 Å². The summed E-state index contributed by atoms with van der Waals surface area (Å²) in [5.74, 6) is 0.706. The van der Waals surface area contributed by atoms with Gasteiger partial charge in [0, 0.05) is 24.4 Å². The van der Waals surface area contributed by atoms with E-state index in [-0.39, 0.29) is 17.6 Å². The molecule has 0 bridgehead atoms. The van der Waals surface area contributed by atoms with E-state index in [2.05, 4.69) is 0 Å². The Kier molecular flexibility index (Phi) is 3.54. The zero-order valence-electron chi connectivity index (χ0n) is 14.5. The Hall–Kier alpha value is -1.42. The van der Waals surface area contributed by atoms with Gasteiger partial charge in [-0.2, -0.15) is 0 Å². The van der Waals surface area contributed by atoms with Gasteiger partial charge in [0.25, 0.3) is 0 Å². The summed E-state index contributed by atoms with van der Waals surface area (Å²) in [6.07, 6.45) is 4.22. The largest absolute Gasteiger partial charge is 0.390 e. The molecule has 1 amide bonds. The van der Waals surface area contributed by atoms with Crippen molar-refractivity contribution in [3.05, 3.63) is 35.1 Å². The van der Waals surface area contributed by atoms with Crippen molar-refractivity contribution >= 4 is 5.91 Å². The van der Waals surface area contributed by atoms with Gasteiger partial charge in [0.1, 0.15) is 5.82 Å². The molecule has 0 atom stereocenters. The molecule has 1 aliphatic heterocycles. The average molecular weight is 331 g/mol. The highest BCUT2D eigenvalue weighted by Gasteiger charge is 2.55. The summed E-state index contributed by atoms with van der Waals surface area (Å²) in [5, 5.41) is 9.78. The molecular weight excluding hydrogens is 305 g/mol. The van der Waals surface area contributed by atoms with Crippen molar-refractivity contribution < 1.29 is 14.3 Å². The number of aryl methyl sites for hydroxylation is 1. The molecule has 1 N–H and O–H groups in total. The topological polar surface area (TPSA) is 40.5 Å². The van der Waals surface area contributed by atoms with E-state index in [0.717, 1.165) is 43.5 Å². The second-order valence-electron chi connectivity index (χ2n) is 8.87. The SMILES string of the molecule is Cc1ccc(CC2CC3(C2)CN(C(=O)C2CC(C)(O)C2)C3)c(F)c1. The number of carbonyl (C=O) groups excluding carboxylic acids is 1. The van der Waals surface area contributed by atoms with Crippen LogP contribution in [0.3, 0.4) is 0 Å². The molecule has 3 aliphatic rings. The molecule has 0 unspecified atom stereocenters. The summed E-state index contributed by atoms with van der Waals surface area (Å²) in [5.41, 5.74) is 1.45. The molecule has 1 aromatic carbocycles. The van der Waals surface area contributed by atoms with Crippen LogP contribution in [0.1, 0.15) is 43.7 Å². The Balaban J connectivity index is 1.25. The fraction of sp³-hybridized carbons (Fsp3) is 0.650. The van der Waals surface area contributed by atoms with E-state index in [0.29, 0.717) is 24.2 Å². The molecule has 2 saturated carbocycles. The number of carbonyl (C=O) groups is 1. The van der Waals surface area contributed by atoms with Gasteiger partial charge < -0.3 is 10.0 Å². The van der Waals surface area contributed by atoms with Crippen molar-refractivity contribution in [2.75, 3.05) is 13.1 Å². The van der Waals surface area contributed by atoms with Gasteiger partial charge in [-0.3, -0.25) is 4.79 Å². The van der Waals surface area contributed by atoms with E-state index in [1.54, 1.807) is 13.0 Å². The minimum atomic E-state index is -0.636. The van der Waals surface area contributed by atoms with Crippen molar-refractivity contribution in [1.29, 1.82) is 0 Å². The molecule has 1 heterocycles. The molecule has 3 nitrogen and oxygen atoms in total. The standard InChI is InChI=1S/C20H26FNO2/c1-13-3-4-15(17(21)5-13)6-14-7-20(8-14)11-22(12-20)18(23)16-9-19(2,24)10-16/h3-5,14,16,24H,6-12H2,1-2H3. The molecule has 3 fully saturated rings. The Bertz CT molecular complexity index is 662. The smallest absolute Gasteiger partial charge is 0.225 e. The van der Waals surface area contributed by atoms with Crippen LogP contribution in [0.4, 0.5) is 4.39 Å². The van der Waals surface area contributed by atoms with Gasteiger partial charge in [-0.1, -0.05) is 12.1 Å². The lowest BCUT2D eigenvalue weighted by Gasteiger charge is -2.60. The van der Waals surface area contributed by atoms with Gasteiger partial charge in [-0.05, 0) is 69.1 Å². The number of nitrogens with zero attached hydrogens (tertiary/aromatic N) is 1. The molecule has 2 aliphatic carbocycles. The maximum atomic E-state index is 14.0. The lowest BCUT2D eigenvalue weighted by molar-refractivity contribution is -0.171. The number of rotatable bonds is 3. The number of amides is 1. The molecule has 1 aromatic rings. The fourth-order valence-electron chi connectivity index (χ4n) is 5.05. The van der Waals surface area contributed by atoms with Crippen LogP contribution in [0, 0.1) is 30.0 Å². The summed E-state index contributed by atoms with van der Waals surface area (Å²) in [7, 11) is 0. The Morgan fingerprint density at radius 3 is 2.54 bits per heavy atom. The molecule has 4 heteroatoms. The van der Waals surface area contributed by atoms with Crippen LogP contribution in [0.2, 0.25) is 0 Å². The van der Waals surface area contributed by atoms with Crippen LogP contribution in [0.15, 0.2) is 18.2 Å². The van der Waals surface area contributed by atoms with Crippen molar-refractivity contribution in [3.63, 3.8) is 0 Å². The van der Waals surface area contributed by atoms with Gasteiger partial charge in [0.05, 0.1) is 5.60 Å². The van der Waals surface area contributed by atoms with Crippen LogP contribution in [0.5, 0.6) is 0 Å². The molecule has 0 aromatic heterocycles. The maximum absolute atomic E-state index is 14.0. The number of benzene rings is 1. The first-order valence-electron chi connectivity index (χ1n) is 9.02. The minimum absolute atomic E-state index is 0.0230. The molecule has 1 saturated heterocycles. The molecule has 130 valence electrons. The summed E-state index contributed by atoms with van der Waals surface area (Å²) in [6.45, 7) is 5.43. The van der Waals surface area contributed by atoms with Crippen molar-refractivity contribution in [1.82, 2.24) is 4.90 Å². The van der Waals surface area contributed by atoms with E-state index in [1.165, 1.54) is 0 Å². The number of hydrogen-bond acceptors (Lipinski definition) is 2. The predicted molar refractivity (Wildman–Crippen MR) is 89.9 cm³/mol. The third-order valence-corrected chi connectivity index (χ3v) is 6.25. The van der Waals surface area contributed by atoms with E-state index in [4.69, 9.17) is 0 Å². The third-order valence-electron chi connectivity index (χ3n) is 6.25. The molecule has 24 heavy (non-hydrogen) atoms. The maximum Gasteiger partial charge on any atom is 0.225 e. The number of aliphatic hydroxyl groups is 1. The zero-order valence-corrected chi connectivity index (χ0v) is 14.5. The van der Waals surface area contributed by atoms with Gasteiger partial charge in [-0.15, -0.1) is 0 Å². The molecular formula is C20H26FNO2. The monoisotopic (exact) mass is 331 g/mol. The quantitative estimate of drug-likeness (QED) is 0.925. The van der Waals surface area contributed by atoms with Crippen molar-refractivity contribution in [3.8, 4) is 0 Å². The fourth-order valence-corrected chi connectivity index (χ4v) is 5.05. The normalized spacial score (nSPS) is 31.3.